The molecule has 0 aliphatic rings. The van der Waals surface area contributed by atoms with Crippen molar-refractivity contribution >= 4 is 29.7 Å². The van der Waals surface area contributed by atoms with Crippen LogP contribution in [-0.2, 0) is 24.0 Å². The van der Waals surface area contributed by atoms with Crippen LogP contribution in [-0.4, -0.2) is 87.0 Å². The molecule has 3 amide bonds. The van der Waals surface area contributed by atoms with Crippen molar-refractivity contribution in [3.63, 3.8) is 0 Å². The molecule has 0 heterocycles. The van der Waals surface area contributed by atoms with Crippen LogP contribution in [0.5, 0.6) is 0 Å². The summed E-state index contributed by atoms with van der Waals surface area (Å²) in [5, 5.41) is 43.4. The Bertz CT molecular complexity index is 639. The quantitative estimate of drug-likeness (QED) is 0.144. The van der Waals surface area contributed by atoms with Crippen LogP contribution in [0.1, 0.15) is 33.6 Å². The van der Waals surface area contributed by atoms with E-state index in [9.17, 15) is 34.2 Å². The monoisotopic (exact) mass is 434 g/mol. The Labute approximate surface area is 173 Å². The van der Waals surface area contributed by atoms with Crippen LogP contribution in [0.2, 0.25) is 0 Å². The Morgan fingerprint density at radius 1 is 0.867 bits per heavy atom. The summed E-state index contributed by atoms with van der Waals surface area (Å²) in [6, 6.07) is -5.64. The highest BCUT2D eigenvalue weighted by atomic mass is 16.4. The molecular weight excluding hydrogens is 404 g/mol. The number of aliphatic hydroxyl groups excluding tert-OH is 2. The third kappa shape index (κ3) is 9.15. The predicted octanol–water partition coefficient (Wildman–Crippen LogP) is -3.25. The molecule has 13 nitrogen and oxygen atoms in total. The van der Waals surface area contributed by atoms with Gasteiger partial charge in [-0.1, -0.05) is 13.8 Å². The van der Waals surface area contributed by atoms with Crippen molar-refractivity contribution in [1.29, 1.82) is 0 Å². The zero-order valence-electron chi connectivity index (χ0n) is 17.0. The van der Waals surface area contributed by atoms with Gasteiger partial charge in [-0.05, 0) is 19.3 Å². The van der Waals surface area contributed by atoms with E-state index in [0.717, 1.165) is 0 Å². The first kappa shape index (κ1) is 27.2. The highest BCUT2D eigenvalue weighted by Gasteiger charge is 2.33. The SMILES string of the molecule is CC(C)C(NC(=O)C(NC(=O)C(CCC(=O)O)NC(=O)C(N)CO)C(C)O)C(=O)O. The van der Waals surface area contributed by atoms with E-state index >= 15 is 0 Å². The van der Waals surface area contributed by atoms with E-state index in [4.69, 9.17) is 15.9 Å². The second-order valence-corrected chi connectivity index (χ2v) is 7.08. The lowest BCUT2D eigenvalue weighted by atomic mass is 10.0. The number of nitrogens with one attached hydrogen (secondary N) is 3. The molecule has 13 heteroatoms. The molecule has 30 heavy (non-hydrogen) atoms. The van der Waals surface area contributed by atoms with Crippen LogP contribution in [0.15, 0.2) is 0 Å². The molecule has 9 N–H and O–H groups in total. The maximum atomic E-state index is 12.5. The largest absolute Gasteiger partial charge is 0.481 e. The molecule has 0 aromatic rings. The van der Waals surface area contributed by atoms with Gasteiger partial charge in [0.2, 0.25) is 17.7 Å². The van der Waals surface area contributed by atoms with Crippen molar-refractivity contribution in [1.82, 2.24) is 16.0 Å². The van der Waals surface area contributed by atoms with Gasteiger partial charge in [-0.2, -0.15) is 0 Å². The van der Waals surface area contributed by atoms with E-state index in [2.05, 4.69) is 16.0 Å². The lowest BCUT2D eigenvalue weighted by Crippen LogP contribution is -2.60. The first-order valence-corrected chi connectivity index (χ1v) is 9.22. The molecule has 0 aliphatic carbocycles. The number of hydrogen-bond acceptors (Lipinski definition) is 8. The standard InChI is InChI=1S/C17H30N4O9/c1-7(2)12(17(29)30)20-16(28)13(8(3)23)21-15(27)10(4-5-11(24)25)19-14(26)9(18)6-22/h7-10,12-13,22-23H,4-6,18H2,1-3H3,(H,19,26)(H,20,28)(H,21,27)(H,24,25)(H,29,30). The Morgan fingerprint density at radius 2 is 1.40 bits per heavy atom. The number of carboxylic acids is 2. The van der Waals surface area contributed by atoms with Crippen LogP contribution >= 0.6 is 0 Å². The van der Waals surface area contributed by atoms with E-state index in [0.29, 0.717) is 0 Å². The summed E-state index contributed by atoms with van der Waals surface area (Å²) in [5.41, 5.74) is 5.36. The topological polar surface area (TPSA) is 228 Å². The Balaban J connectivity index is 5.43. The first-order valence-electron chi connectivity index (χ1n) is 9.22. The van der Waals surface area contributed by atoms with Gasteiger partial charge in [0.1, 0.15) is 24.2 Å². The van der Waals surface area contributed by atoms with Crippen LogP contribution in [0.3, 0.4) is 0 Å². The fourth-order valence-electron chi connectivity index (χ4n) is 2.31. The molecular formula is C17H30N4O9. The molecule has 0 saturated carbocycles. The van der Waals surface area contributed by atoms with Crippen LogP contribution in [0, 0.1) is 5.92 Å². The molecule has 0 saturated heterocycles. The summed E-state index contributed by atoms with van der Waals surface area (Å²) in [6.07, 6.45) is -2.30. The third-order valence-corrected chi connectivity index (χ3v) is 4.11. The zero-order chi connectivity index (χ0) is 23.6. The number of aliphatic hydroxyl groups is 2. The Kier molecular flexibility index (Phi) is 11.5. The highest BCUT2D eigenvalue weighted by molar-refractivity contribution is 5.94. The molecule has 0 aliphatic heterocycles. The normalized spacial score (nSPS) is 16.0. The van der Waals surface area contributed by atoms with Crippen LogP contribution < -0.4 is 21.7 Å². The maximum absolute atomic E-state index is 12.5. The number of carbonyl (C=O) groups is 5. The summed E-state index contributed by atoms with van der Waals surface area (Å²) in [6.45, 7) is 3.57. The van der Waals surface area contributed by atoms with Gasteiger partial charge in [0, 0.05) is 6.42 Å². The number of aliphatic carboxylic acids is 2. The number of amides is 3. The molecule has 0 spiro atoms. The minimum absolute atomic E-state index is 0.358. The molecule has 0 aromatic carbocycles. The molecule has 0 fully saturated rings. The van der Waals surface area contributed by atoms with Crippen molar-refractivity contribution in [2.45, 2.75) is 63.9 Å². The minimum Gasteiger partial charge on any atom is -0.481 e. The van der Waals surface area contributed by atoms with E-state index in [1.165, 1.54) is 6.92 Å². The number of rotatable bonds is 13. The summed E-state index contributed by atoms with van der Waals surface area (Å²) in [7, 11) is 0. The molecule has 5 atom stereocenters. The lowest BCUT2D eigenvalue weighted by Gasteiger charge is -2.27. The summed E-state index contributed by atoms with van der Waals surface area (Å²) < 4.78 is 0. The van der Waals surface area contributed by atoms with Crippen molar-refractivity contribution in [3.8, 4) is 0 Å². The number of carboxylic acid groups (broad SMARTS) is 2. The van der Waals surface area contributed by atoms with Gasteiger partial charge in [-0.15, -0.1) is 0 Å². The van der Waals surface area contributed by atoms with Crippen molar-refractivity contribution < 1.29 is 44.4 Å². The number of nitrogens with two attached hydrogens (primary N) is 1. The van der Waals surface area contributed by atoms with Crippen molar-refractivity contribution in [2.24, 2.45) is 11.7 Å². The predicted molar refractivity (Wildman–Crippen MR) is 102 cm³/mol. The molecule has 0 rings (SSSR count). The maximum Gasteiger partial charge on any atom is 0.326 e. The average molecular weight is 434 g/mol. The molecule has 5 unspecified atom stereocenters. The minimum atomic E-state index is -1.58. The smallest absolute Gasteiger partial charge is 0.326 e. The molecule has 0 aromatic heterocycles. The van der Waals surface area contributed by atoms with Crippen LogP contribution in [0.4, 0.5) is 0 Å². The van der Waals surface area contributed by atoms with Gasteiger partial charge in [0.25, 0.3) is 0 Å². The van der Waals surface area contributed by atoms with E-state index in [1.54, 1.807) is 13.8 Å². The van der Waals surface area contributed by atoms with Gasteiger partial charge in [0.15, 0.2) is 0 Å². The fraction of sp³-hybridized carbons (Fsp3) is 0.706. The van der Waals surface area contributed by atoms with E-state index < -0.39 is 78.9 Å². The second-order valence-electron chi connectivity index (χ2n) is 7.08. The van der Waals surface area contributed by atoms with Crippen LogP contribution in [0.25, 0.3) is 0 Å². The number of carbonyl (C=O) groups excluding carboxylic acids is 3. The van der Waals surface area contributed by atoms with Gasteiger partial charge in [-0.3, -0.25) is 19.2 Å². The molecule has 0 bridgehead atoms. The lowest BCUT2D eigenvalue weighted by molar-refractivity contribution is -0.144. The van der Waals surface area contributed by atoms with E-state index in [1.807, 2.05) is 0 Å². The first-order chi connectivity index (χ1) is 13.8. The summed E-state index contributed by atoms with van der Waals surface area (Å²) in [5.74, 6) is -5.94. The zero-order valence-corrected chi connectivity index (χ0v) is 17.0. The fourth-order valence-corrected chi connectivity index (χ4v) is 2.31. The molecule has 172 valence electrons. The van der Waals surface area contributed by atoms with Gasteiger partial charge in [-0.25, -0.2) is 4.79 Å². The number of hydrogen-bond donors (Lipinski definition) is 8. The Hall–Kier alpha value is -2.77. The average Bonchev–Trinajstić information content (AvgIpc) is 2.64. The van der Waals surface area contributed by atoms with Gasteiger partial charge >= 0.3 is 11.9 Å². The Morgan fingerprint density at radius 3 is 1.80 bits per heavy atom. The van der Waals surface area contributed by atoms with Crippen molar-refractivity contribution in [2.75, 3.05) is 6.61 Å². The highest BCUT2D eigenvalue weighted by Crippen LogP contribution is 2.05. The molecule has 0 radical (unpaired) electrons. The third-order valence-electron chi connectivity index (χ3n) is 4.11. The summed E-state index contributed by atoms with van der Waals surface area (Å²) in [4.78, 5) is 58.9. The van der Waals surface area contributed by atoms with Crippen molar-refractivity contribution in [3.05, 3.63) is 0 Å². The van der Waals surface area contributed by atoms with Gasteiger partial charge in [0.05, 0.1) is 12.7 Å². The van der Waals surface area contributed by atoms with Gasteiger partial charge < -0.3 is 42.1 Å². The summed E-state index contributed by atoms with van der Waals surface area (Å²) >= 11 is 0. The van der Waals surface area contributed by atoms with E-state index in [-0.39, 0.29) is 6.42 Å². The second kappa shape index (κ2) is 12.7.